The van der Waals surface area contributed by atoms with Gasteiger partial charge in [0.25, 0.3) is 0 Å². The van der Waals surface area contributed by atoms with Gasteiger partial charge in [-0.25, -0.2) is 15.0 Å². The van der Waals surface area contributed by atoms with E-state index in [1.54, 1.807) is 0 Å². The summed E-state index contributed by atoms with van der Waals surface area (Å²) in [6.45, 7) is 0. The standard InChI is InChI=1S/C45H29N5/c1-4-13-31(14-5-1)43-46-44(32-15-6-2-7-16-32)48-45(47-43)33-17-12-20-35(29-33)49-28-27-38-39(49)26-24-30-23-25-37-36-21-10-11-22-40(36)50(42(37)41(30)38)34-18-8-3-9-19-34/h1-29H. The molecule has 3 heterocycles. The minimum absolute atomic E-state index is 0.635. The highest BCUT2D eigenvalue weighted by molar-refractivity contribution is 6.25. The molecule has 234 valence electrons. The van der Waals surface area contributed by atoms with Crippen molar-refractivity contribution in [3.05, 3.63) is 176 Å². The highest BCUT2D eigenvalue weighted by Gasteiger charge is 2.18. The Hall–Kier alpha value is -6.85. The monoisotopic (exact) mass is 639 g/mol. The van der Waals surface area contributed by atoms with E-state index in [4.69, 9.17) is 15.0 Å². The van der Waals surface area contributed by atoms with Gasteiger partial charge in [-0.2, -0.15) is 0 Å². The second kappa shape index (κ2) is 11.4. The molecule has 50 heavy (non-hydrogen) atoms. The molecular weight excluding hydrogens is 611 g/mol. The van der Waals surface area contributed by atoms with Crippen molar-refractivity contribution in [3.8, 4) is 45.5 Å². The predicted molar refractivity (Wildman–Crippen MR) is 205 cm³/mol. The predicted octanol–water partition coefficient (Wildman–Crippen LogP) is 11.1. The second-order valence-electron chi connectivity index (χ2n) is 12.5. The molecule has 0 aliphatic rings. The minimum atomic E-state index is 0.635. The molecule has 10 aromatic rings. The number of aromatic nitrogens is 5. The molecule has 0 unspecified atom stereocenters. The number of fused-ring (bicyclic) bond motifs is 7. The molecule has 0 aliphatic heterocycles. The van der Waals surface area contributed by atoms with E-state index in [-0.39, 0.29) is 0 Å². The summed E-state index contributed by atoms with van der Waals surface area (Å²) < 4.78 is 4.68. The number of hydrogen-bond acceptors (Lipinski definition) is 3. The lowest BCUT2D eigenvalue weighted by Crippen LogP contribution is -2.01. The molecule has 7 aromatic carbocycles. The Bertz CT molecular complexity index is 2800. The molecule has 0 spiro atoms. The molecular formula is C45H29N5. The SMILES string of the molecule is c1ccc(-c2nc(-c3ccccc3)nc(-c3cccc(-n4ccc5c6c(ccc7c8ccccc8n(-c8ccccc8)c76)ccc54)c3)n2)cc1. The van der Waals surface area contributed by atoms with Crippen molar-refractivity contribution in [1.29, 1.82) is 0 Å². The summed E-state index contributed by atoms with van der Waals surface area (Å²) in [6.07, 6.45) is 2.18. The van der Waals surface area contributed by atoms with Crippen molar-refractivity contribution < 1.29 is 0 Å². The Labute approximate surface area is 288 Å². The fourth-order valence-electron chi connectivity index (χ4n) is 7.29. The first kappa shape index (κ1) is 28.2. The van der Waals surface area contributed by atoms with Gasteiger partial charge in [-0.05, 0) is 47.9 Å². The van der Waals surface area contributed by atoms with Crippen LogP contribution in [0.25, 0.3) is 89.0 Å². The zero-order valence-corrected chi connectivity index (χ0v) is 27.0. The Kier molecular flexibility index (Phi) is 6.42. The molecule has 5 nitrogen and oxygen atoms in total. The summed E-state index contributed by atoms with van der Waals surface area (Å²) in [7, 11) is 0. The Morgan fingerprint density at radius 3 is 1.68 bits per heavy atom. The summed E-state index contributed by atoms with van der Waals surface area (Å²) in [4.78, 5) is 14.9. The van der Waals surface area contributed by atoms with Crippen LogP contribution in [0.5, 0.6) is 0 Å². The lowest BCUT2D eigenvalue weighted by Gasteiger charge is -2.12. The molecule has 0 radical (unpaired) electrons. The van der Waals surface area contributed by atoms with Crippen LogP contribution in [0.15, 0.2) is 176 Å². The van der Waals surface area contributed by atoms with Crippen molar-refractivity contribution >= 4 is 43.5 Å². The molecule has 10 rings (SSSR count). The summed E-state index contributed by atoms with van der Waals surface area (Å²) in [5.74, 6) is 1.93. The number of para-hydroxylation sites is 2. The topological polar surface area (TPSA) is 48.5 Å². The van der Waals surface area contributed by atoms with Gasteiger partial charge in [0.15, 0.2) is 17.5 Å². The molecule has 0 bridgehead atoms. The highest BCUT2D eigenvalue weighted by Crippen LogP contribution is 2.40. The maximum atomic E-state index is 4.98. The third kappa shape index (κ3) is 4.52. The smallest absolute Gasteiger partial charge is 0.164 e. The number of benzene rings is 7. The van der Waals surface area contributed by atoms with Crippen LogP contribution >= 0.6 is 0 Å². The molecule has 3 aromatic heterocycles. The average Bonchev–Trinajstić information content (AvgIpc) is 3.79. The van der Waals surface area contributed by atoms with Crippen molar-refractivity contribution in [3.63, 3.8) is 0 Å². The largest absolute Gasteiger partial charge is 0.317 e. The molecule has 0 saturated heterocycles. The van der Waals surface area contributed by atoms with Gasteiger partial charge in [-0.3, -0.25) is 0 Å². The molecule has 0 saturated carbocycles. The van der Waals surface area contributed by atoms with E-state index in [2.05, 4.69) is 125 Å². The summed E-state index contributed by atoms with van der Waals surface area (Å²) in [5.41, 5.74) is 8.57. The number of rotatable bonds is 5. The fourth-order valence-corrected chi connectivity index (χ4v) is 7.29. The lowest BCUT2D eigenvalue weighted by atomic mass is 10.0. The Morgan fingerprint density at radius 2 is 0.960 bits per heavy atom. The molecule has 0 aliphatic carbocycles. The van der Waals surface area contributed by atoms with Gasteiger partial charge in [0, 0.05) is 55.8 Å². The van der Waals surface area contributed by atoms with Crippen LogP contribution < -0.4 is 0 Å². The van der Waals surface area contributed by atoms with Gasteiger partial charge < -0.3 is 9.13 Å². The maximum absolute atomic E-state index is 4.98. The van der Waals surface area contributed by atoms with Gasteiger partial charge >= 0.3 is 0 Å². The lowest BCUT2D eigenvalue weighted by molar-refractivity contribution is 1.07. The zero-order valence-electron chi connectivity index (χ0n) is 27.0. The van der Waals surface area contributed by atoms with Crippen molar-refractivity contribution in [1.82, 2.24) is 24.1 Å². The van der Waals surface area contributed by atoms with Crippen molar-refractivity contribution in [2.45, 2.75) is 0 Å². The van der Waals surface area contributed by atoms with Crippen LogP contribution in [0, 0.1) is 0 Å². The summed E-state index contributed by atoms with van der Waals surface area (Å²) in [6, 6.07) is 59.3. The van der Waals surface area contributed by atoms with E-state index in [0.29, 0.717) is 17.5 Å². The molecule has 0 fully saturated rings. The molecule has 5 heteroatoms. The van der Waals surface area contributed by atoms with Crippen LogP contribution in [-0.4, -0.2) is 24.1 Å². The molecule has 0 N–H and O–H groups in total. The van der Waals surface area contributed by atoms with E-state index in [9.17, 15) is 0 Å². The highest BCUT2D eigenvalue weighted by atomic mass is 15.0. The third-order valence-corrected chi connectivity index (χ3v) is 9.58. The first-order chi connectivity index (χ1) is 24.8. The van der Waals surface area contributed by atoms with Gasteiger partial charge in [0.2, 0.25) is 0 Å². The van der Waals surface area contributed by atoms with Crippen molar-refractivity contribution in [2.75, 3.05) is 0 Å². The first-order valence-electron chi connectivity index (χ1n) is 16.8. The van der Waals surface area contributed by atoms with Crippen LogP contribution in [0.2, 0.25) is 0 Å². The summed E-state index contributed by atoms with van der Waals surface area (Å²) >= 11 is 0. The summed E-state index contributed by atoms with van der Waals surface area (Å²) in [5, 5.41) is 6.16. The van der Waals surface area contributed by atoms with E-state index < -0.39 is 0 Å². The first-order valence-corrected chi connectivity index (χ1v) is 16.8. The zero-order chi connectivity index (χ0) is 33.0. The van der Waals surface area contributed by atoms with Gasteiger partial charge in [0.05, 0.1) is 16.6 Å². The Balaban J connectivity index is 1.17. The van der Waals surface area contributed by atoms with E-state index >= 15 is 0 Å². The van der Waals surface area contributed by atoms with Crippen LogP contribution in [0.4, 0.5) is 0 Å². The molecule has 0 amide bonds. The quantitative estimate of drug-likeness (QED) is 0.188. The number of hydrogen-bond donors (Lipinski definition) is 0. The van der Waals surface area contributed by atoms with Gasteiger partial charge in [0.1, 0.15) is 0 Å². The minimum Gasteiger partial charge on any atom is -0.317 e. The fraction of sp³-hybridized carbons (Fsp3) is 0. The Morgan fingerprint density at radius 1 is 0.380 bits per heavy atom. The van der Waals surface area contributed by atoms with Crippen molar-refractivity contribution in [2.24, 2.45) is 0 Å². The number of nitrogens with zero attached hydrogens (tertiary/aromatic N) is 5. The van der Waals surface area contributed by atoms with Crippen LogP contribution in [-0.2, 0) is 0 Å². The third-order valence-electron chi connectivity index (χ3n) is 9.58. The molecule has 0 atom stereocenters. The van der Waals surface area contributed by atoms with Gasteiger partial charge in [-0.1, -0.05) is 127 Å². The van der Waals surface area contributed by atoms with E-state index in [1.165, 1.54) is 38.0 Å². The van der Waals surface area contributed by atoms with E-state index in [1.807, 2.05) is 60.7 Å². The van der Waals surface area contributed by atoms with E-state index in [0.717, 1.165) is 33.6 Å². The normalized spacial score (nSPS) is 11.6. The second-order valence-corrected chi connectivity index (χ2v) is 12.5. The average molecular weight is 640 g/mol. The van der Waals surface area contributed by atoms with Crippen LogP contribution in [0.1, 0.15) is 0 Å². The van der Waals surface area contributed by atoms with Crippen LogP contribution in [0.3, 0.4) is 0 Å². The van der Waals surface area contributed by atoms with Gasteiger partial charge in [-0.15, -0.1) is 0 Å². The maximum Gasteiger partial charge on any atom is 0.164 e.